The highest BCUT2D eigenvalue weighted by Gasteiger charge is 2.72. The summed E-state index contributed by atoms with van der Waals surface area (Å²) >= 11 is 0. The van der Waals surface area contributed by atoms with Gasteiger partial charge in [0.05, 0.1) is 30.6 Å². The van der Waals surface area contributed by atoms with Gasteiger partial charge < -0.3 is 24.5 Å². The van der Waals surface area contributed by atoms with Gasteiger partial charge in [-0.1, -0.05) is 104 Å². The maximum Gasteiger partial charge on any atom is 0.249 e. The van der Waals surface area contributed by atoms with E-state index < -0.39 is 35.6 Å². The fourth-order valence-electron chi connectivity index (χ4n) is 8.18. The molecule has 3 fully saturated rings. The van der Waals surface area contributed by atoms with E-state index in [0.717, 1.165) is 43.2 Å². The molecule has 6 atom stereocenters. The number of hydrogen-bond acceptors (Lipinski definition) is 5. The Kier molecular flexibility index (Phi) is 7.43. The number of hydrogen-bond donors (Lipinski definition) is 1. The first kappa shape index (κ1) is 28.0. The van der Waals surface area contributed by atoms with Crippen LogP contribution in [0, 0.1) is 11.8 Å². The van der Waals surface area contributed by atoms with Crippen LogP contribution in [0.3, 0.4) is 0 Å². The molecule has 0 radical (unpaired) electrons. The lowest BCUT2D eigenvalue weighted by atomic mass is 9.77. The third kappa shape index (κ3) is 4.62. The minimum absolute atomic E-state index is 0.0936. The van der Waals surface area contributed by atoms with Gasteiger partial charge in [0.2, 0.25) is 17.7 Å². The molecule has 5 aliphatic rings. The molecule has 8 nitrogen and oxygen atoms in total. The largest absolute Gasteiger partial charge is 0.394 e. The summed E-state index contributed by atoms with van der Waals surface area (Å²) in [5.74, 6) is -2.29. The van der Waals surface area contributed by atoms with E-state index in [-0.39, 0.29) is 30.4 Å². The molecule has 0 aromatic heterocycles. The van der Waals surface area contributed by atoms with Gasteiger partial charge in [-0.15, -0.1) is 0 Å². The zero-order valence-corrected chi connectivity index (χ0v) is 24.3. The number of ether oxygens (including phenoxy) is 1. The first-order valence-electron chi connectivity index (χ1n) is 15.7. The van der Waals surface area contributed by atoms with Gasteiger partial charge in [0.15, 0.2) is 0 Å². The predicted octanol–water partition coefficient (Wildman–Crippen LogP) is 3.63. The van der Waals surface area contributed by atoms with Gasteiger partial charge in [-0.2, -0.15) is 0 Å². The molecule has 1 unspecified atom stereocenters. The van der Waals surface area contributed by atoms with E-state index >= 15 is 0 Å². The lowest BCUT2D eigenvalue weighted by Crippen LogP contribution is -2.58. The van der Waals surface area contributed by atoms with E-state index in [4.69, 9.17) is 4.74 Å². The van der Waals surface area contributed by atoms with Crippen LogP contribution in [0.1, 0.15) is 49.3 Å². The minimum Gasteiger partial charge on any atom is -0.394 e. The van der Waals surface area contributed by atoms with Crippen LogP contribution >= 0.6 is 0 Å². The summed E-state index contributed by atoms with van der Waals surface area (Å²) in [6.45, 7) is 0.923. The average Bonchev–Trinajstić information content (AvgIpc) is 3.36. The van der Waals surface area contributed by atoms with Crippen LogP contribution in [-0.2, 0) is 25.7 Å². The number of aliphatic hydroxyl groups excluding tert-OH is 1. The van der Waals surface area contributed by atoms with Crippen LogP contribution in [0.25, 0.3) is 0 Å². The van der Waals surface area contributed by atoms with Crippen LogP contribution in [0.15, 0.2) is 85.0 Å². The third-order valence-corrected chi connectivity index (χ3v) is 10.1. The number of nitrogens with zero attached hydrogens (tertiary/aromatic N) is 3. The molecule has 1 N–H and O–H groups in total. The summed E-state index contributed by atoms with van der Waals surface area (Å²) in [4.78, 5) is 49.1. The quantitative estimate of drug-likeness (QED) is 0.527. The second-order valence-corrected chi connectivity index (χ2v) is 12.5. The fourth-order valence-corrected chi connectivity index (χ4v) is 8.18. The highest BCUT2D eigenvalue weighted by Crippen LogP contribution is 2.55. The predicted molar refractivity (Wildman–Crippen MR) is 160 cm³/mol. The van der Waals surface area contributed by atoms with Crippen molar-refractivity contribution in [2.24, 2.45) is 11.8 Å². The van der Waals surface area contributed by atoms with Crippen molar-refractivity contribution in [3.63, 3.8) is 0 Å². The molecule has 2 aromatic rings. The summed E-state index contributed by atoms with van der Waals surface area (Å²) in [6, 6.07) is 17.5. The summed E-state index contributed by atoms with van der Waals surface area (Å²) in [7, 11) is 0. The third-order valence-electron chi connectivity index (χ3n) is 10.1. The van der Waals surface area contributed by atoms with Crippen molar-refractivity contribution in [2.45, 2.75) is 68.5 Å². The molecule has 3 amide bonds. The highest BCUT2D eigenvalue weighted by molar-refractivity contribution is 6.00. The lowest BCUT2D eigenvalue weighted by Gasteiger charge is -2.41. The van der Waals surface area contributed by atoms with Crippen LogP contribution in [0.5, 0.6) is 0 Å². The van der Waals surface area contributed by atoms with Crippen molar-refractivity contribution in [3.8, 4) is 0 Å². The zero-order chi connectivity index (χ0) is 29.6. The molecule has 4 heterocycles. The Morgan fingerprint density at radius 2 is 1.58 bits per heavy atom. The number of amides is 3. The summed E-state index contributed by atoms with van der Waals surface area (Å²) in [5.41, 5.74) is 0.434. The Balaban J connectivity index is 1.31. The van der Waals surface area contributed by atoms with Gasteiger partial charge in [0.1, 0.15) is 11.6 Å². The Hall–Kier alpha value is -3.75. The number of benzene rings is 2. The molecular weight excluding hydrogens is 542 g/mol. The number of carbonyl (C=O) groups is 3. The van der Waals surface area contributed by atoms with E-state index in [9.17, 15) is 19.5 Å². The van der Waals surface area contributed by atoms with E-state index in [1.54, 1.807) is 9.80 Å². The second kappa shape index (κ2) is 11.4. The SMILES string of the molecule is O=C1[C@@H]2[C@H](C=CCN1Cc1ccccc1)O[C@]13C=CCN(C4CCCCC4)C(=O)C1N([C@H](CO)c1ccccc1)C(=O)[C@H]23. The normalized spacial score (nSPS) is 31.5. The van der Waals surface area contributed by atoms with Crippen molar-refractivity contribution in [2.75, 3.05) is 19.7 Å². The molecular formula is C35H39N3O5. The van der Waals surface area contributed by atoms with Crippen LogP contribution in [0.4, 0.5) is 0 Å². The first-order valence-corrected chi connectivity index (χ1v) is 15.7. The number of fused-ring (bicyclic) bond motifs is 2. The highest BCUT2D eigenvalue weighted by atomic mass is 16.5. The molecule has 1 saturated carbocycles. The van der Waals surface area contributed by atoms with Gasteiger partial charge in [-0.05, 0) is 24.0 Å². The Labute approximate surface area is 252 Å². The zero-order valence-electron chi connectivity index (χ0n) is 24.3. The van der Waals surface area contributed by atoms with Crippen LogP contribution in [-0.4, -0.2) is 81.0 Å². The topological polar surface area (TPSA) is 90.4 Å². The second-order valence-electron chi connectivity index (χ2n) is 12.5. The first-order chi connectivity index (χ1) is 21.0. The summed E-state index contributed by atoms with van der Waals surface area (Å²) in [5, 5.41) is 10.8. The molecule has 1 spiro atoms. The van der Waals surface area contributed by atoms with E-state index in [1.165, 1.54) is 0 Å². The molecule has 1 aliphatic carbocycles. The molecule has 0 bridgehead atoms. The number of rotatable bonds is 6. The Bertz CT molecular complexity index is 1420. The van der Waals surface area contributed by atoms with E-state index in [2.05, 4.69) is 0 Å². The van der Waals surface area contributed by atoms with Gasteiger partial charge in [-0.3, -0.25) is 14.4 Å². The molecule has 43 heavy (non-hydrogen) atoms. The van der Waals surface area contributed by atoms with Crippen molar-refractivity contribution >= 4 is 17.7 Å². The lowest BCUT2D eigenvalue weighted by molar-refractivity contribution is -0.153. The molecule has 2 aromatic carbocycles. The fraction of sp³-hybridized carbons (Fsp3) is 0.457. The van der Waals surface area contributed by atoms with E-state index in [1.807, 2.05) is 89.9 Å². The average molecular weight is 582 g/mol. The Morgan fingerprint density at radius 1 is 0.860 bits per heavy atom. The molecule has 7 rings (SSSR count). The molecule has 224 valence electrons. The summed E-state index contributed by atoms with van der Waals surface area (Å²) < 4.78 is 6.83. The number of aliphatic hydroxyl groups is 1. The van der Waals surface area contributed by atoms with Gasteiger partial charge in [-0.25, -0.2) is 0 Å². The smallest absolute Gasteiger partial charge is 0.249 e. The molecule has 8 heteroatoms. The van der Waals surface area contributed by atoms with E-state index in [0.29, 0.717) is 19.6 Å². The molecule has 4 aliphatic heterocycles. The van der Waals surface area contributed by atoms with Gasteiger partial charge >= 0.3 is 0 Å². The number of likely N-dealkylation sites (tertiary alicyclic amines) is 1. The van der Waals surface area contributed by atoms with Gasteiger partial charge in [0.25, 0.3) is 0 Å². The Morgan fingerprint density at radius 3 is 2.30 bits per heavy atom. The monoisotopic (exact) mass is 581 g/mol. The maximum absolute atomic E-state index is 14.8. The minimum atomic E-state index is -1.31. The maximum atomic E-state index is 14.8. The summed E-state index contributed by atoms with van der Waals surface area (Å²) in [6.07, 6.45) is 12.2. The number of carbonyl (C=O) groups excluding carboxylic acids is 3. The standard InChI is InChI=1S/C35H39N3O5/c39-23-27(25-14-6-2-7-15-25)38-31-34(42)37(26-16-8-3-9-17-26)21-11-19-35(31)30(33(38)41)29-28(43-35)18-10-20-36(32(29)40)22-24-12-4-1-5-13-24/h1-2,4-7,10-15,18-19,26-31,39H,3,8-9,16-17,20-23H2/t27-,28+,29-,30+,31?,35+/m1/s1. The molecule has 2 saturated heterocycles. The van der Waals surface area contributed by atoms with Gasteiger partial charge in [0, 0.05) is 25.7 Å². The van der Waals surface area contributed by atoms with Crippen LogP contribution in [0.2, 0.25) is 0 Å². The van der Waals surface area contributed by atoms with Crippen molar-refractivity contribution in [1.29, 1.82) is 0 Å². The van der Waals surface area contributed by atoms with Crippen molar-refractivity contribution in [3.05, 3.63) is 96.1 Å². The van der Waals surface area contributed by atoms with Crippen LogP contribution < -0.4 is 0 Å². The van der Waals surface area contributed by atoms with Crippen molar-refractivity contribution in [1.82, 2.24) is 14.7 Å². The van der Waals surface area contributed by atoms with Crippen molar-refractivity contribution < 1.29 is 24.2 Å².